The second kappa shape index (κ2) is 7.10. The SMILES string of the molecule is CCC(CC)(CNc1ccc(F)cc1C(N)=S)SC. The van der Waals surface area contributed by atoms with Crippen LogP contribution in [0.5, 0.6) is 0 Å². The molecule has 0 aliphatic carbocycles. The first-order valence-corrected chi connectivity index (χ1v) is 7.99. The summed E-state index contributed by atoms with van der Waals surface area (Å²) in [7, 11) is 0. The normalized spacial score (nSPS) is 11.4. The van der Waals surface area contributed by atoms with E-state index in [1.54, 1.807) is 6.07 Å². The van der Waals surface area contributed by atoms with E-state index in [1.165, 1.54) is 12.1 Å². The predicted octanol–water partition coefficient (Wildman–Crippen LogP) is 3.79. The minimum atomic E-state index is -0.324. The summed E-state index contributed by atoms with van der Waals surface area (Å²) in [4.78, 5) is 0.213. The minimum absolute atomic E-state index is 0.182. The number of rotatable bonds is 7. The Morgan fingerprint density at radius 1 is 1.42 bits per heavy atom. The molecule has 0 aliphatic rings. The topological polar surface area (TPSA) is 38.0 Å². The maximum atomic E-state index is 13.2. The summed E-state index contributed by atoms with van der Waals surface area (Å²) in [5.74, 6) is -0.324. The van der Waals surface area contributed by atoms with Gasteiger partial charge in [-0.15, -0.1) is 0 Å². The monoisotopic (exact) mass is 300 g/mol. The molecule has 0 bridgehead atoms. The van der Waals surface area contributed by atoms with E-state index in [1.807, 2.05) is 11.8 Å². The number of halogens is 1. The van der Waals surface area contributed by atoms with E-state index in [0.717, 1.165) is 25.1 Å². The summed E-state index contributed by atoms with van der Waals surface area (Å²) < 4.78 is 13.4. The Balaban J connectivity index is 2.91. The largest absolute Gasteiger partial charge is 0.389 e. The maximum absolute atomic E-state index is 13.2. The van der Waals surface area contributed by atoms with Gasteiger partial charge in [-0.25, -0.2) is 4.39 Å². The van der Waals surface area contributed by atoms with E-state index in [9.17, 15) is 4.39 Å². The second-order valence-electron chi connectivity index (χ2n) is 4.50. The fraction of sp³-hybridized carbons (Fsp3) is 0.500. The molecule has 0 spiro atoms. The quantitative estimate of drug-likeness (QED) is 0.751. The highest BCUT2D eigenvalue weighted by atomic mass is 32.2. The Kier molecular flexibility index (Phi) is 6.07. The molecule has 0 saturated heterocycles. The van der Waals surface area contributed by atoms with Gasteiger partial charge >= 0.3 is 0 Å². The number of thiocarbonyl (C=S) groups is 1. The summed E-state index contributed by atoms with van der Waals surface area (Å²) >= 11 is 6.82. The molecule has 0 radical (unpaired) electrons. The lowest BCUT2D eigenvalue weighted by Crippen LogP contribution is -2.32. The van der Waals surface area contributed by atoms with Crippen molar-refractivity contribution in [1.82, 2.24) is 0 Å². The molecule has 0 aromatic heterocycles. The standard InChI is InChI=1S/C14H21FN2S2/c1-4-14(5-2,19-3)9-17-12-7-6-10(15)8-11(12)13(16)18/h6-8,17H,4-5,9H2,1-3H3,(H2,16,18). The van der Waals surface area contributed by atoms with E-state index in [-0.39, 0.29) is 15.6 Å². The zero-order chi connectivity index (χ0) is 14.5. The van der Waals surface area contributed by atoms with E-state index < -0.39 is 0 Å². The second-order valence-corrected chi connectivity index (χ2v) is 6.22. The molecule has 3 N–H and O–H groups in total. The lowest BCUT2D eigenvalue weighted by Gasteiger charge is -2.30. The summed E-state index contributed by atoms with van der Waals surface area (Å²) in [5, 5.41) is 3.36. The number of benzene rings is 1. The van der Waals surface area contributed by atoms with Crippen molar-refractivity contribution in [3.05, 3.63) is 29.6 Å². The molecule has 0 saturated carbocycles. The Morgan fingerprint density at radius 2 is 2.05 bits per heavy atom. The molecule has 0 aliphatic heterocycles. The van der Waals surface area contributed by atoms with Gasteiger partial charge in [0.25, 0.3) is 0 Å². The molecule has 2 nitrogen and oxygen atoms in total. The molecule has 0 atom stereocenters. The Hall–Kier alpha value is -0.810. The van der Waals surface area contributed by atoms with Gasteiger partial charge in [0.1, 0.15) is 10.8 Å². The zero-order valence-electron chi connectivity index (χ0n) is 11.6. The predicted molar refractivity (Wildman–Crippen MR) is 87.6 cm³/mol. The number of thioether (sulfide) groups is 1. The van der Waals surface area contributed by atoms with Crippen LogP contribution in [0.4, 0.5) is 10.1 Å². The summed E-state index contributed by atoms with van der Waals surface area (Å²) in [6, 6.07) is 4.49. The van der Waals surface area contributed by atoms with Crippen molar-refractivity contribution in [2.75, 3.05) is 18.1 Å². The average molecular weight is 300 g/mol. The Bertz CT molecular complexity index is 437. The third kappa shape index (κ3) is 4.08. The lowest BCUT2D eigenvalue weighted by atomic mass is 10.0. The van der Waals surface area contributed by atoms with Crippen LogP contribution in [0.15, 0.2) is 18.2 Å². The molecule has 0 amide bonds. The maximum Gasteiger partial charge on any atom is 0.124 e. The van der Waals surface area contributed by atoms with Crippen LogP contribution in [0.2, 0.25) is 0 Å². The van der Waals surface area contributed by atoms with Gasteiger partial charge in [-0.2, -0.15) is 11.8 Å². The van der Waals surface area contributed by atoms with E-state index in [2.05, 4.69) is 25.4 Å². The van der Waals surface area contributed by atoms with Gasteiger partial charge in [-0.3, -0.25) is 0 Å². The van der Waals surface area contributed by atoms with Gasteiger partial charge < -0.3 is 11.1 Å². The fourth-order valence-corrected chi connectivity index (χ4v) is 2.95. The first-order chi connectivity index (χ1) is 8.98. The van der Waals surface area contributed by atoms with Crippen LogP contribution in [0.1, 0.15) is 32.3 Å². The molecule has 106 valence electrons. The van der Waals surface area contributed by atoms with Gasteiger partial charge in [0, 0.05) is 22.5 Å². The zero-order valence-corrected chi connectivity index (χ0v) is 13.3. The third-order valence-electron chi connectivity index (χ3n) is 3.57. The smallest absolute Gasteiger partial charge is 0.124 e. The van der Waals surface area contributed by atoms with Gasteiger partial charge in [0.15, 0.2) is 0 Å². The van der Waals surface area contributed by atoms with Crippen LogP contribution in [0.3, 0.4) is 0 Å². The van der Waals surface area contributed by atoms with Crippen molar-refractivity contribution in [3.8, 4) is 0 Å². The molecular weight excluding hydrogens is 279 g/mol. The van der Waals surface area contributed by atoms with Crippen LogP contribution in [-0.2, 0) is 0 Å². The molecule has 0 unspecified atom stereocenters. The van der Waals surface area contributed by atoms with E-state index in [4.69, 9.17) is 18.0 Å². The number of hydrogen-bond acceptors (Lipinski definition) is 3. The number of nitrogens with one attached hydrogen (secondary N) is 1. The molecule has 0 fully saturated rings. The first-order valence-electron chi connectivity index (χ1n) is 6.36. The van der Waals surface area contributed by atoms with E-state index >= 15 is 0 Å². The highest BCUT2D eigenvalue weighted by Gasteiger charge is 2.24. The van der Waals surface area contributed by atoms with Crippen molar-refractivity contribution in [3.63, 3.8) is 0 Å². The molecule has 0 heterocycles. The van der Waals surface area contributed by atoms with Gasteiger partial charge in [-0.1, -0.05) is 26.1 Å². The summed E-state index contributed by atoms with van der Waals surface area (Å²) in [5.41, 5.74) is 7.01. The Morgan fingerprint density at radius 3 is 2.53 bits per heavy atom. The van der Waals surface area contributed by atoms with Crippen molar-refractivity contribution < 1.29 is 4.39 Å². The van der Waals surface area contributed by atoms with Gasteiger partial charge in [0.05, 0.1) is 0 Å². The minimum Gasteiger partial charge on any atom is -0.389 e. The molecule has 1 aromatic carbocycles. The highest BCUT2D eigenvalue weighted by molar-refractivity contribution is 8.00. The van der Waals surface area contributed by atoms with Crippen LogP contribution >= 0.6 is 24.0 Å². The number of nitrogens with two attached hydrogens (primary N) is 1. The van der Waals surface area contributed by atoms with Crippen molar-refractivity contribution in [2.24, 2.45) is 5.73 Å². The molecule has 1 rings (SSSR count). The van der Waals surface area contributed by atoms with Crippen molar-refractivity contribution in [2.45, 2.75) is 31.4 Å². The molecular formula is C14H21FN2S2. The van der Waals surface area contributed by atoms with Crippen LogP contribution < -0.4 is 11.1 Å². The van der Waals surface area contributed by atoms with Crippen LogP contribution in [-0.4, -0.2) is 22.5 Å². The van der Waals surface area contributed by atoms with Crippen molar-refractivity contribution in [1.29, 1.82) is 0 Å². The number of hydrogen-bond donors (Lipinski definition) is 2. The molecule has 1 aromatic rings. The highest BCUT2D eigenvalue weighted by Crippen LogP contribution is 2.31. The average Bonchev–Trinajstić information content (AvgIpc) is 2.42. The summed E-state index contributed by atoms with van der Waals surface area (Å²) in [6.45, 7) is 5.17. The van der Waals surface area contributed by atoms with Gasteiger partial charge in [0.2, 0.25) is 0 Å². The van der Waals surface area contributed by atoms with Crippen molar-refractivity contribution >= 4 is 34.7 Å². The molecule has 5 heteroatoms. The van der Waals surface area contributed by atoms with Gasteiger partial charge in [-0.05, 0) is 37.3 Å². The number of anilines is 1. The Labute approximate surface area is 124 Å². The lowest BCUT2D eigenvalue weighted by molar-refractivity contribution is 0.574. The van der Waals surface area contributed by atoms with Crippen LogP contribution in [0, 0.1) is 5.82 Å². The fourth-order valence-electron chi connectivity index (χ4n) is 1.99. The first kappa shape index (κ1) is 16.2. The third-order valence-corrected chi connectivity index (χ3v) is 5.38. The summed E-state index contributed by atoms with van der Waals surface area (Å²) in [6.07, 6.45) is 4.26. The van der Waals surface area contributed by atoms with E-state index in [0.29, 0.717) is 5.56 Å². The van der Waals surface area contributed by atoms with Crippen LogP contribution in [0.25, 0.3) is 0 Å². The molecule has 19 heavy (non-hydrogen) atoms.